The van der Waals surface area contributed by atoms with Crippen molar-refractivity contribution in [2.24, 2.45) is 0 Å². The quantitative estimate of drug-likeness (QED) is 0.798. The molecule has 0 saturated carbocycles. The second-order valence-electron chi connectivity index (χ2n) is 5.83. The summed E-state index contributed by atoms with van der Waals surface area (Å²) in [5.41, 5.74) is 4.13. The number of carbonyl (C=O) groups is 1. The Balaban J connectivity index is 1.96. The molecular formula is C20H26N2O2. The number of aryl methyl sites for hydroxylation is 2. The number of amides is 2. The number of rotatable bonds is 6. The van der Waals surface area contributed by atoms with Crippen LogP contribution in [0.15, 0.2) is 42.5 Å². The van der Waals surface area contributed by atoms with Gasteiger partial charge >= 0.3 is 6.03 Å². The van der Waals surface area contributed by atoms with E-state index in [2.05, 4.69) is 41.8 Å². The van der Waals surface area contributed by atoms with Crippen molar-refractivity contribution in [2.45, 2.75) is 40.2 Å². The molecule has 4 nitrogen and oxygen atoms in total. The lowest BCUT2D eigenvalue weighted by Crippen LogP contribution is -2.31. The summed E-state index contributed by atoms with van der Waals surface area (Å²) in [4.78, 5) is 12.2. The first-order valence-electron chi connectivity index (χ1n) is 8.43. The first-order valence-corrected chi connectivity index (χ1v) is 8.43. The van der Waals surface area contributed by atoms with Gasteiger partial charge in [0, 0.05) is 5.69 Å². The Bertz CT molecular complexity index is 681. The Kier molecular flexibility index (Phi) is 6.24. The summed E-state index contributed by atoms with van der Waals surface area (Å²) in [6.45, 7) is 8.63. The van der Waals surface area contributed by atoms with Gasteiger partial charge in [-0.2, -0.15) is 0 Å². The van der Waals surface area contributed by atoms with Crippen molar-refractivity contribution >= 4 is 11.7 Å². The predicted octanol–water partition coefficient (Wildman–Crippen LogP) is 4.84. The fraction of sp³-hybridized carbons (Fsp3) is 0.350. The van der Waals surface area contributed by atoms with Crippen LogP contribution in [0, 0.1) is 6.92 Å². The Morgan fingerprint density at radius 1 is 1.12 bits per heavy atom. The van der Waals surface area contributed by atoms with Crippen molar-refractivity contribution in [3.05, 3.63) is 59.2 Å². The molecule has 2 rings (SSSR count). The zero-order valence-corrected chi connectivity index (χ0v) is 14.8. The maximum absolute atomic E-state index is 12.2. The van der Waals surface area contributed by atoms with Crippen LogP contribution < -0.4 is 15.4 Å². The lowest BCUT2D eigenvalue weighted by atomic mass is 10.1. The minimum Gasteiger partial charge on any atom is -0.494 e. The van der Waals surface area contributed by atoms with Gasteiger partial charge in [0.25, 0.3) is 0 Å². The standard InChI is InChI=1S/C20H26N2O2/c1-5-16-7-9-17(10-8-16)15(4)21-20(23)22-19-12-11-18(24-6-2)13-14(19)3/h7-13,15H,5-6H2,1-4H3,(H2,21,22,23). The fourth-order valence-corrected chi connectivity index (χ4v) is 2.51. The molecule has 0 spiro atoms. The third kappa shape index (κ3) is 4.75. The molecule has 0 fully saturated rings. The highest BCUT2D eigenvalue weighted by Crippen LogP contribution is 2.21. The number of ether oxygens (including phenoxy) is 1. The molecule has 0 saturated heterocycles. The Hall–Kier alpha value is -2.49. The van der Waals surface area contributed by atoms with Gasteiger partial charge in [-0.1, -0.05) is 31.2 Å². The van der Waals surface area contributed by atoms with Crippen LogP contribution in [0.2, 0.25) is 0 Å². The number of carbonyl (C=O) groups excluding carboxylic acids is 1. The van der Waals surface area contributed by atoms with Gasteiger partial charge < -0.3 is 15.4 Å². The predicted molar refractivity (Wildman–Crippen MR) is 98.7 cm³/mol. The summed E-state index contributed by atoms with van der Waals surface area (Å²) < 4.78 is 5.46. The second-order valence-corrected chi connectivity index (χ2v) is 5.83. The molecule has 0 aliphatic rings. The van der Waals surface area contributed by atoms with Crippen LogP contribution in [0.3, 0.4) is 0 Å². The van der Waals surface area contributed by atoms with Crippen LogP contribution in [0.1, 0.15) is 43.5 Å². The average Bonchev–Trinajstić information content (AvgIpc) is 2.57. The van der Waals surface area contributed by atoms with Crippen molar-refractivity contribution in [3.8, 4) is 5.75 Å². The van der Waals surface area contributed by atoms with Gasteiger partial charge in [-0.05, 0) is 62.1 Å². The first kappa shape index (κ1) is 17.9. The van der Waals surface area contributed by atoms with E-state index in [-0.39, 0.29) is 12.1 Å². The maximum atomic E-state index is 12.2. The van der Waals surface area contributed by atoms with Crippen LogP contribution in [0.4, 0.5) is 10.5 Å². The van der Waals surface area contributed by atoms with Crippen molar-refractivity contribution in [3.63, 3.8) is 0 Å². The smallest absolute Gasteiger partial charge is 0.319 e. The molecular weight excluding hydrogens is 300 g/mol. The van der Waals surface area contributed by atoms with E-state index in [0.717, 1.165) is 29.0 Å². The largest absolute Gasteiger partial charge is 0.494 e. The number of hydrogen-bond acceptors (Lipinski definition) is 2. The zero-order chi connectivity index (χ0) is 17.5. The molecule has 2 amide bonds. The number of nitrogens with one attached hydrogen (secondary N) is 2. The van der Waals surface area contributed by atoms with Gasteiger partial charge in [-0.3, -0.25) is 0 Å². The van der Waals surface area contributed by atoms with Crippen LogP contribution in [0.25, 0.3) is 0 Å². The van der Waals surface area contributed by atoms with E-state index in [1.165, 1.54) is 5.56 Å². The molecule has 0 heterocycles. The number of hydrogen-bond donors (Lipinski definition) is 2. The van der Waals surface area contributed by atoms with Crippen LogP contribution in [-0.2, 0) is 6.42 Å². The maximum Gasteiger partial charge on any atom is 0.319 e. The van der Waals surface area contributed by atoms with Gasteiger partial charge in [0.05, 0.1) is 12.6 Å². The second kappa shape index (κ2) is 8.39. The average molecular weight is 326 g/mol. The lowest BCUT2D eigenvalue weighted by molar-refractivity contribution is 0.249. The van der Waals surface area contributed by atoms with Crippen LogP contribution >= 0.6 is 0 Å². The summed E-state index contributed by atoms with van der Waals surface area (Å²) in [6, 6.07) is 13.7. The molecule has 0 aliphatic carbocycles. The van der Waals surface area contributed by atoms with Crippen molar-refractivity contribution < 1.29 is 9.53 Å². The van der Waals surface area contributed by atoms with Gasteiger partial charge in [0.2, 0.25) is 0 Å². The summed E-state index contributed by atoms with van der Waals surface area (Å²) in [5, 5.41) is 5.86. The molecule has 0 radical (unpaired) electrons. The molecule has 1 unspecified atom stereocenters. The minimum absolute atomic E-state index is 0.0566. The van der Waals surface area contributed by atoms with Crippen LogP contribution in [-0.4, -0.2) is 12.6 Å². The van der Waals surface area contributed by atoms with E-state index in [1.54, 1.807) is 0 Å². The molecule has 0 aliphatic heterocycles. The summed E-state index contributed by atoms with van der Waals surface area (Å²) in [5.74, 6) is 0.811. The Morgan fingerprint density at radius 3 is 2.42 bits per heavy atom. The fourth-order valence-electron chi connectivity index (χ4n) is 2.51. The van der Waals surface area contributed by atoms with Gasteiger partial charge in [-0.15, -0.1) is 0 Å². The van der Waals surface area contributed by atoms with Gasteiger partial charge in [0.15, 0.2) is 0 Å². The summed E-state index contributed by atoms with van der Waals surface area (Å²) in [6.07, 6.45) is 1.01. The van der Waals surface area contributed by atoms with E-state index in [4.69, 9.17) is 4.74 Å². The van der Waals surface area contributed by atoms with E-state index >= 15 is 0 Å². The van der Waals surface area contributed by atoms with Crippen molar-refractivity contribution in [1.82, 2.24) is 5.32 Å². The van der Waals surface area contributed by atoms with E-state index in [9.17, 15) is 4.79 Å². The molecule has 2 aromatic rings. The third-order valence-electron chi connectivity index (χ3n) is 3.99. The highest BCUT2D eigenvalue weighted by molar-refractivity contribution is 5.90. The molecule has 0 bridgehead atoms. The molecule has 128 valence electrons. The number of benzene rings is 2. The van der Waals surface area contributed by atoms with E-state index in [0.29, 0.717) is 6.61 Å². The highest BCUT2D eigenvalue weighted by Gasteiger charge is 2.11. The van der Waals surface area contributed by atoms with E-state index in [1.807, 2.05) is 39.0 Å². The SMILES string of the molecule is CCOc1ccc(NC(=O)NC(C)c2ccc(CC)cc2)c(C)c1. The van der Waals surface area contributed by atoms with E-state index < -0.39 is 0 Å². The number of anilines is 1. The summed E-state index contributed by atoms with van der Waals surface area (Å²) >= 11 is 0. The van der Waals surface area contributed by atoms with Crippen molar-refractivity contribution in [2.75, 3.05) is 11.9 Å². The van der Waals surface area contributed by atoms with Gasteiger partial charge in [-0.25, -0.2) is 4.79 Å². The first-order chi connectivity index (χ1) is 11.5. The highest BCUT2D eigenvalue weighted by atomic mass is 16.5. The lowest BCUT2D eigenvalue weighted by Gasteiger charge is -2.16. The Morgan fingerprint density at radius 2 is 1.83 bits per heavy atom. The Labute approximate surface area is 144 Å². The topological polar surface area (TPSA) is 50.4 Å². The van der Waals surface area contributed by atoms with Crippen molar-refractivity contribution in [1.29, 1.82) is 0 Å². The zero-order valence-electron chi connectivity index (χ0n) is 14.8. The summed E-state index contributed by atoms with van der Waals surface area (Å²) in [7, 11) is 0. The normalized spacial score (nSPS) is 11.7. The molecule has 0 aromatic heterocycles. The molecule has 4 heteroatoms. The monoisotopic (exact) mass is 326 g/mol. The van der Waals surface area contributed by atoms with Gasteiger partial charge in [0.1, 0.15) is 5.75 Å². The molecule has 2 N–H and O–H groups in total. The molecule has 24 heavy (non-hydrogen) atoms. The third-order valence-corrected chi connectivity index (χ3v) is 3.99. The molecule has 1 atom stereocenters. The minimum atomic E-state index is -0.214. The molecule has 2 aromatic carbocycles. The van der Waals surface area contributed by atoms with Crippen LogP contribution in [0.5, 0.6) is 5.75 Å². The number of urea groups is 1.